The summed E-state index contributed by atoms with van der Waals surface area (Å²) in [4.78, 5) is 14.5. The number of aromatic nitrogens is 1. The molecule has 1 aromatic heterocycles. The van der Waals surface area contributed by atoms with Gasteiger partial charge in [0.05, 0.1) is 14.2 Å². The molecule has 0 saturated carbocycles. The molecule has 2 aliphatic rings. The van der Waals surface area contributed by atoms with Gasteiger partial charge in [0.25, 0.3) is 0 Å². The van der Waals surface area contributed by atoms with Crippen LogP contribution in [0.15, 0.2) is 18.5 Å². The Labute approximate surface area is 154 Å². The van der Waals surface area contributed by atoms with E-state index < -0.39 is 0 Å². The Bertz CT molecular complexity index is 869. The molecule has 0 fully saturated rings. The van der Waals surface area contributed by atoms with Crippen molar-refractivity contribution in [1.82, 2.24) is 9.47 Å². The number of hydrogen-bond donors (Lipinski definition) is 0. The predicted octanol–water partition coefficient (Wildman–Crippen LogP) is 3.70. The highest BCUT2D eigenvalue weighted by Crippen LogP contribution is 2.52. The molecule has 0 bridgehead atoms. The Kier molecular flexibility index (Phi) is 4.27. The molecule has 2 heterocycles. The minimum absolute atomic E-state index is 0.0277. The standard InChI is InChI=1S/C21H26N2O3/c1-5-7-22-8-6-14-10-18(25-3)21(26-4)20-16-12-23(13(2)24)11-15(16)9-17(22)19(14)20/h10-12,17H,5-9H2,1-4H3. The lowest BCUT2D eigenvalue weighted by atomic mass is 9.78. The summed E-state index contributed by atoms with van der Waals surface area (Å²) in [7, 11) is 3.38. The van der Waals surface area contributed by atoms with Crippen molar-refractivity contribution in [2.45, 2.75) is 39.2 Å². The molecule has 5 heteroatoms. The minimum atomic E-state index is 0.0277. The van der Waals surface area contributed by atoms with E-state index in [0.717, 1.165) is 55.0 Å². The Morgan fingerprint density at radius 3 is 2.69 bits per heavy atom. The highest BCUT2D eigenvalue weighted by molar-refractivity contribution is 5.86. The van der Waals surface area contributed by atoms with Crippen LogP contribution in [0.5, 0.6) is 11.5 Å². The fraction of sp³-hybridized carbons (Fsp3) is 0.476. The van der Waals surface area contributed by atoms with Gasteiger partial charge in [-0.15, -0.1) is 0 Å². The van der Waals surface area contributed by atoms with Crippen molar-refractivity contribution in [3.05, 3.63) is 35.2 Å². The normalized spacial score (nSPS) is 18.2. The van der Waals surface area contributed by atoms with Crippen molar-refractivity contribution in [2.24, 2.45) is 0 Å². The third kappa shape index (κ3) is 2.45. The van der Waals surface area contributed by atoms with E-state index in [-0.39, 0.29) is 5.91 Å². The van der Waals surface area contributed by atoms with Gasteiger partial charge in [-0.25, -0.2) is 0 Å². The molecular weight excluding hydrogens is 328 g/mol. The minimum Gasteiger partial charge on any atom is -0.493 e. The quantitative estimate of drug-likeness (QED) is 0.840. The van der Waals surface area contributed by atoms with E-state index in [0.29, 0.717) is 6.04 Å². The van der Waals surface area contributed by atoms with Crippen molar-refractivity contribution < 1.29 is 14.3 Å². The smallest absolute Gasteiger partial charge is 0.227 e. The van der Waals surface area contributed by atoms with Crippen molar-refractivity contribution >= 4 is 5.91 Å². The fourth-order valence-corrected chi connectivity index (χ4v) is 4.58. The SMILES string of the molecule is CCCN1CCc2cc(OC)c(OC)c3c2C1Cc1cn(C(C)=O)cc1-3. The van der Waals surface area contributed by atoms with Crippen LogP contribution < -0.4 is 9.47 Å². The summed E-state index contributed by atoms with van der Waals surface area (Å²) in [6, 6.07) is 2.48. The van der Waals surface area contributed by atoms with E-state index in [1.54, 1.807) is 25.7 Å². The maximum absolute atomic E-state index is 11.9. The molecule has 0 spiro atoms. The first-order valence-corrected chi connectivity index (χ1v) is 9.33. The van der Waals surface area contributed by atoms with Crippen LogP contribution >= 0.6 is 0 Å². The van der Waals surface area contributed by atoms with Gasteiger partial charge in [0.2, 0.25) is 5.91 Å². The fourth-order valence-electron chi connectivity index (χ4n) is 4.58. The molecule has 2 aromatic rings. The largest absolute Gasteiger partial charge is 0.493 e. The maximum Gasteiger partial charge on any atom is 0.227 e. The average Bonchev–Trinajstić information content (AvgIpc) is 3.07. The highest BCUT2D eigenvalue weighted by Gasteiger charge is 2.38. The number of rotatable bonds is 4. The van der Waals surface area contributed by atoms with Gasteiger partial charge in [0.1, 0.15) is 0 Å². The lowest BCUT2D eigenvalue weighted by Gasteiger charge is -2.41. The van der Waals surface area contributed by atoms with Crippen molar-refractivity contribution in [2.75, 3.05) is 27.3 Å². The predicted molar refractivity (Wildman–Crippen MR) is 101 cm³/mol. The molecule has 5 nitrogen and oxygen atoms in total. The number of fused-ring (bicyclic) bond motifs is 2. The first-order chi connectivity index (χ1) is 12.6. The maximum atomic E-state index is 11.9. The Hall–Kier alpha value is -2.27. The van der Waals surface area contributed by atoms with Gasteiger partial charge in [-0.05, 0) is 48.6 Å². The molecule has 1 atom stereocenters. The Morgan fingerprint density at radius 1 is 1.23 bits per heavy atom. The number of methoxy groups -OCH3 is 2. The summed E-state index contributed by atoms with van der Waals surface area (Å²) < 4.78 is 13.1. The second-order valence-corrected chi connectivity index (χ2v) is 7.19. The topological polar surface area (TPSA) is 43.7 Å². The first-order valence-electron chi connectivity index (χ1n) is 9.33. The van der Waals surface area contributed by atoms with E-state index in [1.807, 2.05) is 12.4 Å². The number of hydrogen-bond acceptors (Lipinski definition) is 4. The lowest BCUT2D eigenvalue weighted by Crippen LogP contribution is -2.38. The third-order valence-electron chi connectivity index (χ3n) is 5.70. The highest BCUT2D eigenvalue weighted by atomic mass is 16.5. The van der Waals surface area contributed by atoms with Crippen molar-refractivity contribution in [3.8, 4) is 22.6 Å². The monoisotopic (exact) mass is 354 g/mol. The summed E-state index contributed by atoms with van der Waals surface area (Å²) in [5.41, 5.74) is 6.11. The summed E-state index contributed by atoms with van der Waals surface area (Å²) >= 11 is 0. The Morgan fingerprint density at radius 2 is 2.04 bits per heavy atom. The Balaban J connectivity index is 1.99. The van der Waals surface area contributed by atoms with Crippen LogP contribution in [0.2, 0.25) is 0 Å². The molecular formula is C21H26N2O3. The summed E-state index contributed by atoms with van der Waals surface area (Å²) in [5.74, 6) is 1.57. The van der Waals surface area contributed by atoms with Crippen LogP contribution in [-0.4, -0.2) is 42.7 Å². The lowest BCUT2D eigenvalue weighted by molar-refractivity contribution is 0.0936. The van der Waals surface area contributed by atoms with Crippen LogP contribution in [0.4, 0.5) is 0 Å². The van der Waals surface area contributed by atoms with Crippen molar-refractivity contribution in [1.29, 1.82) is 0 Å². The van der Waals surface area contributed by atoms with Crippen molar-refractivity contribution in [3.63, 3.8) is 0 Å². The zero-order valence-corrected chi connectivity index (χ0v) is 16.0. The van der Waals surface area contributed by atoms with Crippen LogP contribution in [0.1, 0.15) is 47.8 Å². The summed E-state index contributed by atoms with van der Waals surface area (Å²) in [6.45, 7) is 5.97. The average molecular weight is 354 g/mol. The molecule has 138 valence electrons. The molecule has 1 aliphatic carbocycles. The van der Waals surface area contributed by atoms with E-state index in [1.165, 1.54) is 16.7 Å². The zero-order chi connectivity index (χ0) is 18.4. The molecule has 0 radical (unpaired) electrons. The van der Waals surface area contributed by atoms with Crippen LogP contribution in [0, 0.1) is 0 Å². The van der Waals surface area contributed by atoms with Gasteiger partial charge < -0.3 is 9.47 Å². The molecule has 0 N–H and O–H groups in total. The zero-order valence-electron chi connectivity index (χ0n) is 16.0. The molecule has 26 heavy (non-hydrogen) atoms. The molecule has 4 rings (SSSR count). The van der Waals surface area contributed by atoms with Gasteiger partial charge >= 0.3 is 0 Å². The number of carbonyl (C=O) groups excluding carboxylic acids is 1. The van der Waals surface area contributed by atoms with Crippen LogP contribution in [0.25, 0.3) is 11.1 Å². The molecule has 1 unspecified atom stereocenters. The van der Waals surface area contributed by atoms with Gasteiger partial charge in [-0.2, -0.15) is 0 Å². The summed E-state index contributed by atoms with van der Waals surface area (Å²) in [5, 5.41) is 0. The van der Waals surface area contributed by atoms with Crippen LogP contribution in [-0.2, 0) is 12.8 Å². The number of ether oxygens (including phenoxy) is 2. The number of benzene rings is 1. The third-order valence-corrected chi connectivity index (χ3v) is 5.70. The van der Waals surface area contributed by atoms with E-state index in [4.69, 9.17) is 9.47 Å². The first kappa shape index (κ1) is 17.2. The van der Waals surface area contributed by atoms with Gasteiger partial charge in [-0.1, -0.05) is 6.92 Å². The molecule has 0 amide bonds. The van der Waals surface area contributed by atoms with E-state index in [9.17, 15) is 4.79 Å². The number of nitrogens with zero attached hydrogens (tertiary/aromatic N) is 2. The second-order valence-electron chi connectivity index (χ2n) is 7.19. The summed E-state index contributed by atoms with van der Waals surface area (Å²) in [6.07, 6.45) is 7.02. The van der Waals surface area contributed by atoms with Crippen LogP contribution in [0.3, 0.4) is 0 Å². The second kappa shape index (κ2) is 6.47. The van der Waals surface area contributed by atoms with E-state index in [2.05, 4.69) is 17.9 Å². The molecule has 1 aliphatic heterocycles. The van der Waals surface area contributed by atoms with Gasteiger partial charge in [0.15, 0.2) is 11.5 Å². The van der Waals surface area contributed by atoms with Gasteiger partial charge in [0, 0.05) is 43.0 Å². The molecule has 0 saturated heterocycles. The molecule has 1 aromatic carbocycles. The number of carbonyl (C=O) groups is 1. The van der Waals surface area contributed by atoms with E-state index >= 15 is 0 Å². The van der Waals surface area contributed by atoms with Gasteiger partial charge in [-0.3, -0.25) is 14.3 Å².